The molecule has 0 unspecified atom stereocenters. The van der Waals surface area contributed by atoms with Gasteiger partial charge in [-0.25, -0.2) is 0 Å². The first kappa shape index (κ1) is 9.61. The molecule has 0 rings (SSSR count). The topological polar surface area (TPSA) is 0 Å². The Morgan fingerprint density at radius 1 is 1.60 bits per heavy atom. The average Bonchev–Trinajstić information content (AvgIpc) is 1.37. The van der Waals surface area contributed by atoms with Crippen LogP contribution in [0.4, 0.5) is 0 Å². The summed E-state index contributed by atoms with van der Waals surface area (Å²) in [7, 11) is 0. The molecule has 0 amide bonds. The maximum absolute atomic E-state index is 3.92. The SMILES string of the molecule is CCCS.[Na]. The summed E-state index contributed by atoms with van der Waals surface area (Å²) in [5.41, 5.74) is 0. The third-order valence-electron chi connectivity index (χ3n) is 0.224. The van der Waals surface area contributed by atoms with Crippen LogP contribution < -0.4 is 0 Å². The molecule has 0 N–H and O–H groups in total. The van der Waals surface area contributed by atoms with Crippen molar-refractivity contribution >= 4 is 42.2 Å². The normalized spacial score (nSPS) is 6.00. The quantitative estimate of drug-likeness (QED) is 0.367. The molecule has 0 nitrogen and oxygen atoms in total. The molecule has 0 aliphatic heterocycles. The van der Waals surface area contributed by atoms with Gasteiger partial charge in [-0.1, -0.05) is 6.92 Å². The Labute approximate surface area is 61.0 Å². The molecule has 0 aliphatic carbocycles. The van der Waals surface area contributed by atoms with Gasteiger partial charge in [0.2, 0.25) is 0 Å². The summed E-state index contributed by atoms with van der Waals surface area (Å²) in [6.07, 6.45) is 1.18. The molecule has 0 heterocycles. The maximum Gasteiger partial charge on any atom is 0 e. The zero-order valence-corrected chi connectivity index (χ0v) is 6.76. The molecule has 0 aliphatic rings. The summed E-state index contributed by atoms with van der Waals surface area (Å²) in [5, 5.41) is 0. The first-order valence-electron chi connectivity index (χ1n) is 1.52. The van der Waals surface area contributed by atoms with Gasteiger partial charge in [0.25, 0.3) is 0 Å². The molecule has 1 radical (unpaired) electrons. The third-order valence-corrected chi connectivity index (χ3v) is 0.671. The maximum atomic E-state index is 3.92. The minimum atomic E-state index is 0. The van der Waals surface area contributed by atoms with E-state index in [1.807, 2.05) is 0 Å². The molecule has 0 aromatic rings. The fraction of sp³-hybridized carbons (Fsp3) is 1.00. The molecule has 0 spiro atoms. The van der Waals surface area contributed by atoms with E-state index in [1.54, 1.807) is 0 Å². The van der Waals surface area contributed by atoms with Crippen LogP contribution >= 0.6 is 12.6 Å². The number of hydrogen-bond donors (Lipinski definition) is 1. The smallest absolute Gasteiger partial charge is 0 e. The van der Waals surface area contributed by atoms with Crippen LogP contribution in [0.25, 0.3) is 0 Å². The van der Waals surface area contributed by atoms with Crippen molar-refractivity contribution in [3.05, 3.63) is 0 Å². The molecule has 0 saturated carbocycles. The predicted octanol–water partition coefficient (Wildman–Crippen LogP) is 0.945. The average molecular weight is 99.2 g/mol. The Balaban J connectivity index is 0. The van der Waals surface area contributed by atoms with Crippen LogP contribution in [0.3, 0.4) is 0 Å². The molecule has 0 aromatic heterocycles. The molecular formula is C3H8NaS. The van der Waals surface area contributed by atoms with E-state index in [0.29, 0.717) is 0 Å². The second kappa shape index (κ2) is 9.02. The van der Waals surface area contributed by atoms with Gasteiger partial charge in [0, 0.05) is 29.6 Å². The summed E-state index contributed by atoms with van der Waals surface area (Å²) >= 11 is 3.92. The van der Waals surface area contributed by atoms with Crippen molar-refractivity contribution in [3.63, 3.8) is 0 Å². The molecule has 5 heavy (non-hydrogen) atoms. The first-order valence-corrected chi connectivity index (χ1v) is 2.16. The van der Waals surface area contributed by atoms with E-state index in [-0.39, 0.29) is 29.6 Å². The Kier molecular flexibility index (Phi) is 17.3. The summed E-state index contributed by atoms with van der Waals surface area (Å²) < 4.78 is 0. The second-order valence-electron chi connectivity index (χ2n) is 0.724. The molecule has 0 saturated heterocycles. The van der Waals surface area contributed by atoms with Crippen LogP contribution in [0.5, 0.6) is 0 Å². The third kappa shape index (κ3) is 10.9. The minimum Gasteiger partial charge on any atom is -0.179 e. The van der Waals surface area contributed by atoms with Gasteiger partial charge in [0.1, 0.15) is 0 Å². The van der Waals surface area contributed by atoms with E-state index in [9.17, 15) is 0 Å². The van der Waals surface area contributed by atoms with Crippen LogP contribution in [-0.4, -0.2) is 35.3 Å². The number of thiol groups is 1. The standard InChI is InChI=1S/C3H8S.Na/c1-2-3-4;/h4H,2-3H2,1H3;. The van der Waals surface area contributed by atoms with Crippen molar-refractivity contribution in [3.8, 4) is 0 Å². The Bertz CT molecular complexity index is 8.85. The van der Waals surface area contributed by atoms with Gasteiger partial charge in [0.15, 0.2) is 0 Å². The van der Waals surface area contributed by atoms with E-state index in [4.69, 9.17) is 0 Å². The Hall–Kier alpha value is 1.35. The van der Waals surface area contributed by atoms with Crippen molar-refractivity contribution in [2.75, 3.05) is 5.75 Å². The fourth-order valence-corrected chi connectivity index (χ4v) is 0. The van der Waals surface area contributed by atoms with Gasteiger partial charge in [-0.05, 0) is 12.2 Å². The number of hydrogen-bond acceptors (Lipinski definition) is 1. The van der Waals surface area contributed by atoms with Crippen molar-refractivity contribution in [2.45, 2.75) is 13.3 Å². The molecule has 0 atom stereocenters. The van der Waals surface area contributed by atoms with Gasteiger partial charge < -0.3 is 0 Å². The first-order chi connectivity index (χ1) is 1.91. The Morgan fingerprint density at radius 3 is 1.80 bits per heavy atom. The van der Waals surface area contributed by atoms with E-state index < -0.39 is 0 Å². The van der Waals surface area contributed by atoms with Gasteiger partial charge in [0.05, 0.1) is 0 Å². The molecule has 0 fully saturated rings. The monoisotopic (exact) mass is 99.0 g/mol. The number of rotatable bonds is 1. The van der Waals surface area contributed by atoms with E-state index >= 15 is 0 Å². The van der Waals surface area contributed by atoms with E-state index in [1.165, 1.54) is 6.42 Å². The molecule has 27 valence electrons. The molecule has 0 aromatic carbocycles. The van der Waals surface area contributed by atoms with Gasteiger partial charge >= 0.3 is 0 Å². The largest absolute Gasteiger partial charge is 0.179 e. The Morgan fingerprint density at radius 2 is 1.80 bits per heavy atom. The van der Waals surface area contributed by atoms with Gasteiger partial charge in [-0.15, -0.1) is 0 Å². The molecule has 2 heteroatoms. The second-order valence-corrected chi connectivity index (χ2v) is 1.17. The van der Waals surface area contributed by atoms with Crippen molar-refractivity contribution in [2.24, 2.45) is 0 Å². The predicted molar refractivity (Wildman–Crippen MR) is 29.9 cm³/mol. The van der Waals surface area contributed by atoms with E-state index in [2.05, 4.69) is 19.6 Å². The summed E-state index contributed by atoms with van der Waals surface area (Å²) in [5.74, 6) is 1.01. The van der Waals surface area contributed by atoms with Crippen molar-refractivity contribution in [1.29, 1.82) is 0 Å². The van der Waals surface area contributed by atoms with Crippen LogP contribution in [0.15, 0.2) is 0 Å². The van der Waals surface area contributed by atoms with Gasteiger partial charge in [-0.3, -0.25) is 0 Å². The zero-order chi connectivity index (χ0) is 3.41. The van der Waals surface area contributed by atoms with Crippen LogP contribution in [0, 0.1) is 0 Å². The minimum absolute atomic E-state index is 0. The molecule has 0 bridgehead atoms. The summed E-state index contributed by atoms with van der Waals surface area (Å²) in [4.78, 5) is 0. The van der Waals surface area contributed by atoms with E-state index in [0.717, 1.165) is 5.75 Å². The van der Waals surface area contributed by atoms with Crippen LogP contribution in [0.2, 0.25) is 0 Å². The zero-order valence-electron chi connectivity index (χ0n) is 3.86. The van der Waals surface area contributed by atoms with Crippen LogP contribution in [-0.2, 0) is 0 Å². The van der Waals surface area contributed by atoms with Gasteiger partial charge in [-0.2, -0.15) is 12.6 Å². The van der Waals surface area contributed by atoms with Crippen molar-refractivity contribution < 1.29 is 0 Å². The summed E-state index contributed by atoms with van der Waals surface area (Å²) in [6.45, 7) is 2.10. The van der Waals surface area contributed by atoms with Crippen LogP contribution in [0.1, 0.15) is 13.3 Å². The fourth-order valence-electron chi connectivity index (χ4n) is 0. The molecular weight excluding hydrogens is 91.1 g/mol. The van der Waals surface area contributed by atoms with Crippen molar-refractivity contribution in [1.82, 2.24) is 0 Å². The summed E-state index contributed by atoms with van der Waals surface area (Å²) in [6, 6.07) is 0.